The Morgan fingerprint density at radius 2 is 2.05 bits per heavy atom. The Bertz CT molecular complexity index is 847. The third kappa shape index (κ3) is 2.41. The molecule has 2 aromatic heterocycles. The van der Waals surface area contributed by atoms with Gasteiger partial charge in [-0.2, -0.15) is 0 Å². The highest BCUT2D eigenvalue weighted by molar-refractivity contribution is 9.10. The van der Waals surface area contributed by atoms with Crippen LogP contribution in [0.25, 0.3) is 21.6 Å². The molecule has 7 heteroatoms. The summed E-state index contributed by atoms with van der Waals surface area (Å²) in [6.07, 6.45) is 0. The van der Waals surface area contributed by atoms with E-state index >= 15 is 0 Å². The molecule has 0 aliphatic heterocycles. The Kier molecular flexibility index (Phi) is 3.64. The summed E-state index contributed by atoms with van der Waals surface area (Å²) < 4.78 is 14.8. The summed E-state index contributed by atoms with van der Waals surface area (Å²) in [6, 6.07) is 4.68. The van der Waals surface area contributed by atoms with Gasteiger partial charge in [-0.05, 0) is 37.6 Å². The van der Waals surface area contributed by atoms with E-state index in [1.54, 1.807) is 23.5 Å². The van der Waals surface area contributed by atoms with Gasteiger partial charge in [-0.25, -0.2) is 20.2 Å². The molecule has 0 aliphatic rings. The van der Waals surface area contributed by atoms with Gasteiger partial charge in [0, 0.05) is 9.35 Å². The minimum absolute atomic E-state index is 0.315. The first kappa shape index (κ1) is 14.4. The van der Waals surface area contributed by atoms with E-state index in [2.05, 4.69) is 31.3 Å². The Labute approximate surface area is 133 Å². The van der Waals surface area contributed by atoms with Crippen molar-refractivity contribution in [2.75, 3.05) is 5.43 Å². The van der Waals surface area contributed by atoms with Crippen LogP contribution >= 0.6 is 27.3 Å². The van der Waals surface area contributed by atoms with Crippen LogP contribution < -0.4 is 11.3 Å². The normalized spacial score (nSPS) is 11.1. The Balaban J connectivity index is 2.32. The molecule has 3 rings (SSSR count). The molecule has 3 N–H and O–H groups in total. The van der Waals surface area contributed by atoms with Gasteiger partial charge in [-0.15, -0.1) is 11.3 Å². The van der Waals surface area contributed by atoms with Crippen LogP contribution in [0, 0.1) is 19.7 Å². The fourth-order valence-corrected chi connectivity index (χ4v) is 3.53. The summed E-state index contributed by atoms with van der Waals surface area (Å²) in [7, 11) is 0. The molecule has 2 heterocycles. The quantitative estimate of drug-likeness (QED) is 0.527. The maximum atomic E-state index is 14.0. The van der Waals surface area contributed by atoms with Crippen molar-refractivity contribution in [1.29, 1.82) is 0 Å². The molecule has 0 unspecified atom stereocenters. The number of benzene rings is 1. The van der Waals surface area contributed by atoms with Gasteiger partial charge in [-0.3, -0.25) is 0 Å². The predicted molar refractivity (Wildman–Crippen MR) is 87.8 cm³/mol. The number of nitrogens with one attached hydrogen (secondary N) is 1. The smallest absolute Gasteiger partial charge is 0.166 e. The van der Waals surface area contributed by atoms with Gasteiger partial charge >= 0.3 is 0 Å². The van der Waals surface area contributed by atoms with E-state index in [1.807, 2.05) is 13.8 Å². The fraction of sp³-hybridized carbons (Fsp3) is 0.143. The zero-order valence-corrected chi connectivity index (χ0v) is 13.8. The lowest BCUT2D eigenvalue weighted by atomic mass is 10.1. The minimum atomic E-state index is -0.370. The Morgan fingerprint density at radius 3 is 2.76 bits per heavy atom. The monoisotopic (exact) mass is 366 g/mol. The summed E-state index contributed by atoms with van der Waals surface area (Å²) >= 11 is 4.88. The number of aromatic nitrogens is 2. The zero-order valence-electron chi connectivity index (χ0n) is 11.4. The molecule has 108 valence electrons. The van der Waals surface area contributed by atoms with Crippen molar-refractivity contribution in [3.8, 4) is 11.4 Å². The van der Waals surface area contributed by atoms with Crippen molar-refractivity contribution in [2.45, 2.75) is 13.8 Å². The van der Waals surface area contributed by atoms with Gasteiger partial charge in [0.25, 0.3) is 0 Å². The number of anilines is 1. The minimum Gasteiger partial charge on any atom is -0.308 e. The molecule has 0 aliphatic carbocycles. The average Bonchev–Trinajstić information content (AvgIpc) is 2.76. The summed E-state index contributed by atoms with van der Waals surface area (Å²) in [5.74, 6) is 6.03. The third-order valence-corrected chi connectivity index (χ3v) is 4.93. The molecule has 0 radical (unpaired) electrons. The number of hydrogen-bond acceptors (Lipinski definition) is 5. The number of halogens is 2. The molecule has 0 bridgehead atoms. The average molecular weight is 367 g/mol. The lowest BCUT2D eigenvalue weighted by Crippen LogP contribution is -2.10. The molecule has 0 spiro atoms. The second-order valence-electron chi connectivity index (χ2n) is 4.63. The van der Waals surface area contributed by atoms with E-state index in [0.717, 1.165) is 25.1 Å². The van der Waals surface area contributed by atoms with Crippen LogP contribution in [0.1, 0.15) is 10.4 Å². The predicted octanol–water partition coefficient (Wildman–Crippen LogP) is 4.16. The van der Waals surface area contributed by atoms with Crippen LogP contribution in [0.3, 0.4) is 0 Å². The van der Waals surface area contributed by atoms with Crippen molar-refractivity contribution in [2.24, 2.45) is 5.84 Å². The fourth-order valence-electron chi connectivity index (χ4n) is 2.14. The first-order valence-corrected chi connectivity index (χ1v) is 7.82. The van der Waals surface area contributed by atoms with E-state index in [-0.39, 0.29) is 5.82 Å². The second-order valence-corrected chi connectivity index (χ2v) is 6.75. The Morgan fingerprint density at radius 1 is 1.29 bits per heavy atom. The number of fused-ring (bicyclic) bond motifs is 1. The number of rotatable bonds is 2. The number of hydrogen-bond donors (Lipinski definition) is 2. The first-order valence-electron chi connectivity index (χ1n) is 6.21. The van der Waals surface area contributed by atoms with Crippen LogP contribution in [0.5, 0.6) is 0 Å². The van der Waals surface area contributed by atoms with Crippen molar-refractivity contribution in [3.63, 3.8) is 0 Å². The van der Waals surface area contributed by atoms with Gasteiger partial charge in [0.05, 0.1) is 10.9 Å². The highest BCUT2D eigenvalue weighted by Crippen LogP contribution is 2.35. The molecule has 0 saturated carbocycles. The Hall–Kier alpha value is -1.57. The second kappa shape index (κ2) is 5.32. The van der Waals surface area contributed by atoms with Crippen LogP contribution in [0.2, 0.25) is 0 Å². The maximum absolute atomic E-state index is 14.0. The molecule has 21 heavy (non-hydrogen) atoms. The summed E-state index contributed by atoms with van der Waals surface area (Å²) in [5, 5.41) is 0.888. The molecule has 0 saturated heterocycles. The SMILES string of the molecule is Cc1sc2nc(-c3cc(Br)ccc3F)nc(NN)c2c1C. The number of hydrazine groups is 1. The highest BCUT2D eigenvalue weighted by Gasteiger charge is 2.16. The maximum Gasteiger partial charge on any atom is 0.166 e. The lowest BCUT2D eigenvalue weighted by molar-refractivity contribution is 0.630. The zero-order chi connectivity index (χ0) is 15.1. The molecule has 0 amide bonds. The number of nitrogens with two attached hydrogens (primary N) is 1. The van der Waals surface area contributed by atoms with Gasteiger partial charge in [0.1, 0.15) is 10.6 Å². The molecule has 0 fully saturated rings. The summed E-state index contributed by atoms with van der Waals surface area (Å²) in [4.78, 5) is 10.8. The molecular weight excluding hydrogens is 355 g/mol. The largest absolute Gasteiger partial charge is 0.308 e. The molecule has 4 nitrogen and oxygen atoms in total. The van der Waals surface area contributed by atoms with Gasteiger partial charge < -0.3 is 5.43 Å². The van der Waals surface area contributed by atoms with E-state index in [4.69, 9.17) is 5.84 Å². The number of aryl methyl sites for hydroxylation is 2. The summed E-state index contributed by atoms with van der Waals surface area (Å²) in [6.45, 7) is 4.01. The topological polar surface area (TPSA) is 63.8 Å². The van der Waals surface area contributed by atoms with Crippen LogP contribution in [-0.4, -0.2) is 9.97 Å². The number of nitrogen functional groups attached to an aromatic ring is 1. The van der Waals surface area contributed by atoms with Crippen LogP contribution in [0.15, 0.2) is 22.7 Å². The number of thiophene rings is 1. The first-order chi connectivity index (χ1) is 10.0. The standard InChI is InChI=1S/C14H12BrFN4S/c1-6-7(2)21-14-11(6)13(20-17)18-12(19-14)9-5-8(15)3-4-10(9)16/h3-5H,17H2,1-2H3,(H,18,19,20). The van der Waals surface area contributed by atoms with Crippen molar-refractivity contribution in [3.05, 3.63) is 38.9 Å². The van der Waals surface area contributed by atoms with E-state index in [0.29, 0.717) is 17.2 Å². The summed E-state index contributed by atoms with van der Waals surface area (Å²) in [5.41, 5.74) is 4.02. The number of nitrogens with zero attached hydrogens (tertiary/aromatic N) is 2. The van der Waals surface area contributed by atoms with Crippen molar-refractivity contribution < 1.29 is 4.39 Å². The highest BCUT2D eigenvalue weighted by atomic mass is 79.9. The lowest BCUT2D eigenvalue weighted by Gasteiger charge is -2.07. The van der Waals surface area contributed by atoms with E-state index in [9.17, 15) is 4.39 Å². The van der Waals surface area contributed by atoms with Gasteiger partial charge in [-0.1, -0.05) is 15.9 Å². The van der Waals surface area contributed by atoms with E-state index < -0.39 is 0 Å². The molecule has 1 aromatic carbocycles. The van der Waals surface area contributed by atoms with Gasteiger partial charge in [0.15, 0.2) is 11.6 Å². The van der Waals surface area contributed by atoms with E-state index in [1.165, 1.54) is 6.07 Å². The third-order valence-electron chi connectivity index (χ3n) is 3.33. The molecule has 0 atom stereocenters. The molecular formula is C14H12BrFN4S. The van der Waals surface area contributed by atoms with Crippen molar-refractivity contribution in [1.82, 2.24) is 9.97 Å². The molecule has 3 aromatic rings. The van der Waals surface area contributed by atoms with Crippen LogP contribution in [-0.2, 0) is 0 Å². The van der Waals surface area contributed by atoms with Gasteiger partial charge in [0.2, 0.25) is 0 Å². The van der Waals surface area contributed by atoms with Crippen LogP contribution in [0.4, 0.5) is 10.2 Å². The van der Waals surface area contributed by atoms with Crippen molar-refractivity contribution >= 4 is 43.3 Å².